The quantitative estimate of drug-likeness (QED) is 0.638. The normalized spacial score (nSPS) is 13.5. The van der Waals surface area contributed by atoms with Gasteiger partial charge in [-0.15, -0.1) is 0 Å². The number of anilines is 2. The Labute approximate surface area is 153 Å². The fourth-order valence-electron chi connectivity index (χ4n) is 2.41. The van der Waals surface area contributed by atoms with Crippen LogP contribution in [0, 0.1) is 0 Å². The Kier molecular flexibility index (Phi) is 4.71. The van der Waals surface area contributed by atoms with Gasteiger partial charge in [-0.2, -0.15) is 0 Å². The molecular weight excluding hydrogens is 362 g/mol. The molecule has 1 aromatic carbocycles. The number of hydrogen-bond acceptors (Lipinski definition) is 6. The molecule has 0 unspecified atom stereocenters. The van der Waals surface area contributed by atoms with Gasteiger partial charge in [0.25, 0.3) is 0 Å². The third kappa shape index (κ3) is 3.72. The number of hydrogen-bond donors (Lipinski definition) is 1. The molecule has 1 N–H and O–H groups in total. The smallest absolute Gasteiger partial charge is 0.188 e. The van der Waals surface area contributed by atoms with Crippen LogP contribution in [0.25, 0.3) is 0 Å². The number of thiazole rings is 1. The van der Waals surface area contributed by atoms with Crippen molar-refractivity contribution in [3.05, 3.63) is 58.2 Å². The van der Waals surface area contributed by atoms with Gasteiger partial charge in [0.05, 0.1) is 23.8 Å². The second kappa shape index (κ2) is 7.11. The van der Waals surface area contributed by atoms with E-state index in [1.54, 1.807) is 23.1 Å². The highest BCUT2D eigenvalue weighted by Crippen LogP contribution is 2.33. The molecule has 3 aromatic rings. The van der Waals surface area contributed by atoms with Crippen LogP contribution in [0.4, 0.5) is 10.9 Å². The van der Waals surface area contributed by atoms with Crippen molar-refractivity contribution in [2.75, 3.05) is 11.9 Å². The van der Waals surface area contributed by atoms with Crippen molar-refractivity contribution in [2.24, 2.45) is 0 Å². The third-order valence-electron chi connectivity index (χ3n) is 3.48. The summed E-state index contributed by atoms with van der Waals surface area (Å²) < 4.78 is 5.47. The van der Waals surface area contributed by atoms with E-state index in [2.05, 4.69) is 27.4 Å². The monoisotopic (exact) mass is 375 g/mol. The van der Waals surface area contributed by atoms with Crippen LogP contribution in [-0.4, -0.2) is 16.6 Å². The minimum atomic E-state index is 0.461. The van der Waals surface area contributed by atoms with Crippen molar-refractivity contribution in [3.8, 4) is 0 Å². The first-order valence-electron chi connectivity index (χ1n) is 7.50. The zero-order chi connectivity index (χ0) is 16.4. The molecule has 4 nitrogen and oxygen atoms in total. The zero-order valence-electron chi connectivity index (χ0n) is 12.7. The summed E-state index contributed by atoms with van der Waals surface area (Å²) in [6.45, 7) is 1.39. The van der Waals surface area contributed by atoms with Crippen LogP contribution >= 0.6 is 34.7 Å². The third-order valence-corrected chi connectivity index (χ3v) is 5.64. The molecule has 0 aliphatic carbocycles. The van der Waals surface area contributed by atoms with Crippen LogP contribution < -0.4 is 5.32 Å². The second-order valence-corrected chi connectivity index (χ2v) is 7.86. The topological polar surface area (TPSA) is 47.0 Å². The van der Waals surface area contributed by atoms with Gasteiger partial charge in [0, 0.05) is 16.2 Å². The van der Waals surface area contributed by atoms with Gasteiger partial charge in [-0.25, -0.2) is 9.97 Å². The maximum Gasteiger partial charge on any atom is 0.188 e. The first-order valence-corrected chi connectivity index (χ1v) is 9.51. The molecule has 0 fully saturated rings. The highest BCUT2D eigenvalue weighted by atomic mass is 35.5. The lowest BCUT2D eigenvalue weighted by Gasteiger charge is -2.08. The number of halogens is 1. The van der Waals surface area contributed by atoms with Crippen LogP contribution in [0.15, 0.2) is 52.3 Å². The van der Waals surface area contributed by atoms with Gasteiger partial charge in [-0.1, -0.05) is 52.9 Å². The molecule has 2 aromatic heterocycles. The van der Waals surface area contributed by atoms with E-state index >= 15 is 0 Å². The van der Waals surface area contributed by atoms with Crippen molar-refractivity contribution in [3.63, 3.8) is 0 Å². The largest absolute Gasteiger partial charge is 0.375 e. The maximum absolute atomic E-state index is 6.18. The van der Waals surface area contributed by atoms with E-state index in [4.69, 9.17) is 16.3 Å². The van der Waals surface area contributed by atoms with E-state index < -0.39 is 0 Å². The Balaban J connectivity index is 1.56. The van der Waals surface area contributed by atoms with Crippen molar-refractivity contribution < 1.29 is 4.74 Å². The molecule has 0 atom stereocenters. The summed E-state index contributed by atoms with van der Waals surface area (Å²) in [6.07, 6.45) is 0.867. The molecular formula is C17H14ClN3OS2. The molecule has 0 amide bonds. The summed E-state index contributed by atoms with van der Waals surface area (Å²) in [4.78, 5) is 12.4. The second-order valence-electron chi connectivity index (χ2n) is 5.24. The van der Waals surface area contributed by atoms with E-state index in [-0.39, 0.29) is 0 Å². The van der Waals surface area contributed by atoms with Crippen molar-refractivity contribution in [2.45, 2.75) is 22.8 Å². The summed E-state index contributed by atoms with van der Waals surface area (Å²) in [7, 11) is 0. The van der Waals surface area contributed by atoms with E-state index in [1.807, 2.05) is 30.3 Å². The summed E-state index contributed by atoms with van der Waals surface area (Å²) in [5, 5.41) is 4.56. The van der Waals surface area contributed by atoms with Gasteiger partial charge < -0.3 is 10.1 Å². The predicted octanol–water partition coefficient (Wildman–Crippen LogP) is 5.16. The lowest BCUT2D eigenvalue weighted by atomic mass is 10.2. The van der Waals surface area contributed by atoms with Gasteiger partial charge >= 0.3 is 0 Å². The van der Waals surface area contributed by atoms with Gasteiger partial charge in [-0.3, -0.25) is 0 Å². The standard InChI is InChI=1S/C17H14ClN3OS2/c18-15-8-12(23-11-4-2-1-3-5-11)9-16(20-15)21-17-19-13-6-7-22-10-14(13)24-17/h1-5,8-9H,6-7,10H2,(H,19,20,21). The Hall–Kier alpha value is -1.60. The number of nitrogens with one attached hydrogen (secondary N) is 1. The Bertz CT molecular complexity index is 831. The highest BCUT2D eigenvalue weighted by molar-refractivity contribution is 7.99. The number of fused-ring (bicyclic) bond motifs is 1. The predicted molar refractivity (Wildman–Crippen MR) is 98.6 cm³/mol. The maximum atomic E-state index is 6.18. The van der Waals surface area contributed by atoms with Crippen molar-refractivity contribution in [1.82, 2.24) is 9.97 Å². The van der Waals surface area contributed by atoms with Crippen molar-refractivity contribution >= 4 is 45.6 Å². The number of nitrogens with zero attached hydrogens (tertiary/aromatic N) is 2. The number of ether oxygens (including phenoxy) is 1. The molecule has 7 heteroatoms. The van der Waals surface area contributed by atoms with E-state index in [0.717, 1.165) is 33.6 Å². The SMILES string of the molecule is Clc1cc(Sc2ccccc2)cc(Nc2nc3c(s2)COCC3)n1. The van der Waals surface area contributed by atoms with Crippen LogP contribution in [0.3, 0.4) is 0 Å². The minimum absolute atomic E-state index is 0.461. The Morgan fingerprint density at radius 1 is 1.12 bits per heavy atom. The summed E-state index contributed by atoms with van der Waals surface area (Å²) in [5.74, 6) is 0.702. The van der Waals surface area contributed by atoms with Gasteiger partial charge in [0.1, 0.15) is 11.0 Å². The molecule has 0 saturated heterocycles. The summed E-state index contributed by atoms with van der Waals surface area (Å²) in [6, 6.07) is 14.0. The molecule has 1 aliphatic heterocycles. The molecule has 0 saturated carbocycles. The van der Waals surface area contributed by atoms with Crippen LogP contribution in [0.5, 0.6) is 0 Å². The number of benzene rings is 1. The first-order chi connectivity index (χ1) is 11.8. The average molecular weight is 376 g/mol. The number of rotatable bonds is 4. The molecule has 0 radical (unpaired) electrons. The lowest BCUT2D eigenvalue weighted by molar-refractivity contribution is 0.112. The van der Waals surface area contributed by atoms with Crippen LogP contribution in [-0.2, 0) is 17.8 Å². The molecule has 122 valence electrons. The number of aromatic nitrogens is 2. The lowest BCUT2D eigenvalue weighted by Crippen LogP contribution is -2.07. The molecule has 1 aliphatic rings. The highest BCUT2D eigenvalue weighted by Gasteiger charge is 2.16. The summed E-state index contributed by atoms with van der Waals surface area (Å²) in [5.41, 5.74) is 1.12. The van der Waals surface area contributed by atoms with E-state index in [1.165, 1.54) is 4.88 Å². The fraction of sp³-hybridized carbons (Fsp3) is 0.176. The van der Waals surface area contributed by atoms with Crippen LogP contribution in [0.2, 0.25) is 5.15 Å². The van der Waals surface area contributed by atoms with Gasteiger partial charge in [-0.05, 0) is 24.3 Å². The van der Waals surface area contributed by atoms with E-state index in [0.29, 0.717) is 17.6 Å². The molecule has 24 heavy (non-hydrogen) atoms. The zero-order valence-corrected chi connectivity index (χ0v) is 15.0. The Morgan fingerprint density at radius 2 is 2.00 bits per heavy atom. The van der Waals surface area contributed by atoms with Crippen LogP contribution in [0.1, 0.15) is 10.6 Å². The van der Waals surface area contributed by atoms with E-state index in [9.17, 15) is 0 Å². The Morgan fingerprint density at radius 3 is 2.83 bits per heavy atom. The fourth-order valence-corrected chi connectivity index (χ4v) is 4.54. The molecule has 0 bridgehead atoms. The molecule has 3 heterocycles. The average Bonchev–Trinajstić information content (AvgIpc) is 2.97. The molecule has 0 spiro atoms. The van der Waals surface area contributed by atoms with Gasteiger partial charge in [0.15, 0.2) is 5.13 Å². The van der Waals surface area contributed by atoms with Gasteiger partial charge in [0.2, 0.25) is 0 Å². The summed E-state index contributed by atoms with van der Waals surface area (Å²) >= 11 is 9.44. The number of pyridine rings is 1. The first kappa shape index (κ1) is 15.9. The minimum Gasteiger partial charge on any atom is -0.375 e. The van der Waals surface area contributed by atoms with Crippen molar-refractivity contribution in [1.29, 1.82) is 0 Å². The molecule has 4 rings (SSSR count).